The summed E-state index contributed by atoms with van der Waals surface area (Å²) in [5.41, 5.74) is 2.68. The summed E-state index contributed by atoms with van der Waals surface area (Å²) in [6.45, 7) is 1.53. The Hall–Kier alpha value is -2.87. The summed E-state index contributed by atoms with van der Waals surface area (Å²) < 4.78 is 43.4. The van der Waals surface area contributed by atoms with Gasteiger partial charge in [0.2, 0.25) is 5.91 Å². The molecule has 174 valence electrons. The maximum atomic E-state index is 13.2. The number of nitrogens with zero attached hydrogens (tertiary/aromatic N) is 2. The maximum Gasteiger partial charge on any atom is 0.261 e. The van der Waals surface area contributed by atoms with Crippen molar-refractivity contribution in [1.82, 2.24) is 9.47 Å². The highest BCUT2D eigenvalue weighted by Gasteiger charge is 2.30. The lowest BCUT2D eigenvalue weighted by molar-refractivity contribution is -0.132. The molecular formula is C25H28FN3O3S. The number of likely N-dealkylation sites (tertiary alicyclic amines) is 1. The number of nitrogens with one attached hydrogen (secondary N) is 1. The van der Waals surface area contributed by atoms with E-state index in [2.05, 4.69) is 15.5 Å². The van der Waals surface area contributed by atoms with Gasteiger partial charge in [-0.2, -0.15) is 0 Å². The lowest BCUT2D eigenvalue weighted by atomic mass is 9.89. The summed E-state index contributed by atoms with van der Waals surface area (Å²) in [7, 11) is -1.83. The van der Waals surface area contributed by atoms with Crippen molar-refractivity contribution in [3.05, 3.63) is 60.0 Å². The molecule has 8 heteroatoms. The van der Waals surface area contributed by atoms with Crippen molar-refractivity contribution in [3.8, 4) is 0 Å². The lowest BCUT2D eigenvalue weighted by Gasteiger charge is -2.32. The second kappa shape index (κ2) is 8.48. The fourth-order valence-electron chi connectivity index (χ4n) is 4.78. The van der Waals surface area contributed by atoms with Gasteiger partial charge in [-0.1, -0.05) is 0 Å². The predicted octanol–water partition coefficient (Wildman–Crippen LogP) is 4.62. The summed E-state index contributed by atoms with van der Waals surface area (Å²) in [4.78, 5) is 14.5. The minimum Gasteiger partial charge on any atom is -0.350 e. The number of carbonyl (C=O) groups excluding carboxylic acids is 1. The number of benzene rings is 2. The van der Waals surface area contributed by atoms with Crippen LogP contribution >= 0.6 is 0 Å². The van der Waals surface area contributed by atoms with Gasteiger partial charge in [-0.25, -0.2) is 12.8 Å². The first kappa shape index (κ1) is 21.9. The fraction of sp³-hybridized carbons (Fsp3) is 0.400. The molecule has 2 fully saturated rings. The summed E-state index contributed by atoms with van der Waals surface area (Å²) in [6, 6.07) is 10.3. The van der Waals surface area contributed by atoms with E-state index in [9.17, 15) is 17.6 Å². The molecule has 2 heterocycles. The first-order chi connectivity index (χ1) is 15.8. The summed E-state index contributed by atoms with van der Waals surface area (Å²) in [5, 5.41) is 1.01. The highest BCUT2D eigenvalue weighted by Crippen LogP contribution is 2.37. The van der Waals surface area contributed by atoms with Crippen LogP contribution in [-0.4, -0.2) is 36.9 Å². The second-order valence-corrected chi connectivity index (χ2v) is 11.0. The van der Waals surface area contributed by atoms with Gasteiger partial charge in [0.15, 0.2) is 0 Å². The first-order valence-corrected chi connectivity index (χ1v) is 12.9. The molecule has 0 atom stereocenters. The van der Waals surface area contributed by atoms with Crippen molar-refractivity contribution in [2.45, 2.75) is 42.9 Å². The van der Waals surface area contributed by atoms with Crippen molar-refractivity contribution in [1.29, 1.82) is 0 Å². The molecule has 3 aromatic rings. The number of anilines is 1. The van der Waals surface area contributed by atoms with E-state index in [0.717, 1.165) is 49.0 Å². The van der Waals surface area contributed by atoms with Crippen LogP contribution in [0.15, 0.2) is 53.6 Å². The topological polar surface area (TPSA) is 71.4 Å². The standard InChI is InChI=1S/C25H28FN3O3S/c1-28-16-23(18-10-12-29(13-11-18)25(30)14-17-2-3-17)22-15-20(6-9-24(22)28)27-33(31,32)21-7-4-19(26)5-8-21/h4-9,15-18,27H,2-3,10-14H2,1H3. The predicted molar refractivity (Wildman–Crippen MR) is 126 cm³/mol. The van der Waals surface area contributed by atoms with Gasteiger partial charge >= 0.3 is 0 Å². The zero-order chi connectivity index (χ0) is 23.2. The Bertz CT molecular complexity index is 1290. The van der Waals surface area contributed by atoms with Crippen molar-refractivity contribution in [2.75, 3.05) is 17.8 Å². The summed E-state index contributed by atoms with van der Waals surface area (Å²) in [5.74, 6) is 0.726. The molecule has 0 unspecified atom stereocenters. The number of amides is 1. The summed E-state index contributed by atoms with van der Waals surface area (Å²) >= 11 is 0. The molecule has 1 aliphatic carbocycles. The number of fused-ring (bicyclic) bond motifs is 1. The van der Waals surface area contributed by atoms with Gasteiger partial charge in [0.05, 0.1) is 4.90 Å². The molecule has 0 radical (unpaired) electrons. The van der Waals surface area contributed by atoms with Crippen LogP contribution in [0.1, 0.15) is 43.6 Å². The zero-order valence-corrected chi connectivity index (χ0v) is 19.4. The van der Waals surface area contributed by atoms with E-state index in [1.54, 1.807) is 6.07 Å². The van der Waals surface area contributed by atoms with Crippen LogP contribution in [0, 0.1) is 11.7 Å². The molecule has 1 saturated heterocycles. The van der Waals surface area contributed by atoms with Crippen molar-refractivity contribution in [2.24, 2.45) is 13.0 Å². The third-order valence-electron chi connectivity index (χ3n) is 6.84. The van der Waals surface area contributed by atoms with Gasteiger partial charge in [-0.15, -0.1) is 0 Å². The van der Waals surface area contributed by atoms with Gasteiger partial charge in [-0.3, -0.25) is 9.52 Å². The molecule has 2 aliphatic rings. The molecular weight excluding hydrogens is 441 g/mol. The third-order valence-corrected chi connectivity index (χ3v) is 8.24. The number of piperidine rings is 1. The van der Waals surface area contributed by atoms with Crippen molar-refractivity contribution < 1.29 is 17.6 Å². The molecule has 2 aromatic carbocycles. The SMILES string of the molecule is Cn1cc(C2CCN(C(=O)CC3CC3)CC2)c2cc(NS(=O)(=O)c3ccc(F)cc3)ccc21. The van der Waals surface area contributed by atoms with Crippen LogP contribution in [0.25, 0.3) is 10.9 Å². The Morgan fingerprint density at radius 2 is 1.76 bits per heavy atom. The minimum absolute atomic E-state index is 0.0144. The molecule has 33 heavy (non-hydrogen) atoms. The van der Waals surface area contributed by atoms with Gasteiger partial charge in [0, 0.05) is 49.3 Å². The number of aryl methyl sites for hydroxylation is 1. The molecule has 1 amide bonds. The van der Waals surface area contributed by atoms with E-state index in [1.807, 2.05) is 24.1 Å². The molecule has 5 rings (SSSR count). The summed E-state index contributed by atoms with van der Waals surface area (Å²) in [6.07, 6.45) is 6.99. The number of hydrogen-bond donors (Lipinski definition) is 1. The van der Waals surface area contributed by atoms with E-state index in [0.29, 0.717) is 23.9 Å². The Kier molecular flexibility index (Phi) is 5.64. The van der Waals surface area contributed by atoms with Crippen molar-refractivity contribution >= 4 is 32.5 Å². The average molecular weight is 470 g/mol. The Labute approximate surface area is 193 Å². The Balaban J connectivity index is 1.35. The number of rotatable bonds is 6. The lowest BCUT2D eigenvalue weighted by Crippen LogP contribution is -2.38. The number of halogens is 1. The molecule has 0 bridgehead atoms. The van der Waals surface area contributed by atoms with E-state index in [-0.39, 0.29) is 10.8 Å². The molecule has 1 aromatic heterocycles. The maximum absolute atomic E-state index is 13.2. The normalized spacial score (nSPS) is 17.5. The Morgan fingerprint density at radius 1 is 1.06 bits per heavy atom. The van der Waals surface area contributed by atoms with Gasteiger partial charge in [0.25, 0.3) is 10.0 Å². The fourth-order valence-corrected chi connectivity index (χ4v) is 5.83. The third kappa shape index (κ3) is 4.62. The van der Waals surface area contributed by atoms with E-state index in [4.69, 9.17) is 0 Å². The molecule has 1 N–H and O–H groups in total. The molecule has 1 saturated carbocycles. The van der Waals surface area contributed by atoms with Crippen LogP contribution in [0.2, 0.25) is 0 Å². The minimum atomic E-state index is -3.82. The van der Waals surface area contributed by atoms with Crippen molar-refractivity contribution in [3.63, 3.8) is 0 Å². The first-order valence-electron chi connectivity index (χ1n) is 11.5. The van der Waals surface area contributed by atoms with E-state index in [1.165, 1.54) is 30.5 Å². The second-order valence-electron chi connectivity index (χ2n) is 9.29. The highest BCUT2D eigenvalue weighted by atomic mass is 32.2. The average Bonchev–Trinajstić information content (AvgIpc) is 3.55. The van der Waals surface area contributed by atoms with Crippen LogP contribution in [0.5, 0.6) is 0 Å². The van der Waals surface area contributed by atoms with Gasteiger partial charge in [-0.05, 0) is 85.5 Å². The van der Waals surface area contributed by atoms with Crippen LogP contribution in [-0.2, 0) is 21.9 Å². The van der Waals surface area contributed by atoms with Crippen LogP contribution < -0.4 is 4.72 Å². The largest absolute Gasteiger partial charge is 0.350 e. The zero-order valence-electron chi connectivity index (χ0n) is 18.6. The van der Waals surface area contributed by atoms with Crippen LogP contribution in [0.4, 0.5) is 10.1 Å². The smallest absolute Gasteiger partial charge is 0.261 e. The van der Waals surface area contributed by atoms with Gasteiger partial charge in [0.1, 0.15) is 5.82 Å². The Morgan fingerprint density at radius 3 is 2.42 bits per heavy atom. The monoisotopic (exact) mass is 469 g/mol. The highest BCUT2D eigenvalue weighted by molar-refractivity contribution is 7.92. The van der Waals surface area contributed by atoms with E-state index < -0.39 is 15.8 Å². The molecule has 6 nitrogen and oxygen atoms in total. The van der Waals surface area contributed by atoms with Crippen LogP contribution in [0.3, 0.4) is 0 Å². The number of hydrogen-bond acceptors (Lipinski definition) is 3. The number of aromatic nitrogens is 1. The molecule has 0 spiro atoms. The van der Waals surface area contributed by atoms with E-state index >= 15 is 0 Å². The number of carbonyl (C=O) groups is 1. The number of sulfonamides is 1. The quantitative estimate of drug-likeness (QED) is 0.572. The molecule has 1 aliphatic heterocycles. The van der Waals surface area contributed by atoms with Gasteiger partial charge < -0.3 is 9.47 Å².